The van der Waals surface area contributed by atoms with Crippen molar-refractivity contribution < 1.29 is 14.7 Å². The van der Waals surface area contributed by atoms with Crippen molar-refractivity contribution in [3.8, 4) is 5.75 Å². The monoisotopic (exact) mass is 362 g/mol. The van der Waals surface area contributed by atoms with E-state index in [9.17, 15) is 14.7 Å². The van der Waals surface area contributed by atoms with E-state index in [1.54, 1.807) is 42.5 Å². The second-order valence-corrected chi connectivity index (χ2v) is 7.38. The summed E-state index contributed by atoms with van der Waals surface area (Å²) in [6, 6.07) is 17.6. The van der Waals surface area contributed by atoms with E-state index in [-0.39, 0.29) is 11.2 Å². The molecular weight excluding hydrogens is 340 g/mol. The van der Waals surface area contributed by atoms with Crippen molar-refractivity contribution in [2.45, 2.75) is 26.2 Å². The van der Waals surface area contributed by atoms with Crippen LogP contribution in [0.15, 0.2) is 60.7 Å². The maximum Gasteiger partial charge on any atom is 0.314 e. The van der Waals surface area contributed by atoms with E-state index in [2.05, 4.69) is 10.6 Å². The number of phenolic OH excluding ortho intramolecular Hbond substituents is 1. The van der Waals surface area contributed by atoms with Crippen molar-refractivity contribution in [3.63, 3.8) is 0 Å². The average Bonchev–Trinajstić information content (AvgIpc) is 2.62. The second-order valence-electron chi connectivity index (χ2n) is 7.38. The van der Waals surface area contributed by atoms with Gasteiger partial charge in [0, 0.05) is 22.1 Å². The van der Waals surface area contributed by atoms with Crippen LogP contribution in [0.4, 0.5) is 11.4 Å². The van der Waals surface area contributed by atoms with Crippen LogP contribution < -0.4 is 10.6 Å². The highest BCUT2D eigenvalue weighted by Gasteiger charge is 2.21. The molecule has 3 rings (SSSR count). The van der Waals surface area contributed by atoms with Gasteiger partial charge in [0.25, 0.3) is 0 Å². The van der Waals surface area contributed by atoms with Crippen molar-refractivity contribution in [2.75, 3.05) is 10.6 Å². The molecule has 0 aromatic heterocycles. The van der Waals surface area contributed by atoms with Gasteiger partial charge in [-0.25, -0.2) is 0 Å². The zero-order chi connectivity index (χ0) is 19.6. The molecule has 0 atom stereocenters. The Balaban J connectivity index is 1.83. The van der Waals surface area contributed by atoms with Crippen LogP contribution >= 0.6 is 0 Å². The van der Waals surface area contributed by atoms with E-state index in [0.717, 1.165) is 5.56 Å². The van der Waals surface area contributed by atoms with Crippen molar-refractivity contribution in [3.05, 3.63) is 66.2 Å². The van der Waals surface area contributed by atoms with Gasteiger partial charge in [-0.3, -0.25) is 9.59 Å². The van der Waals surface area contributed by atoms with Gasteiger partial charge >= 0.3 is 11.8 Å². The second kappa shape index (κ2) is 7.11. The summed E-state index contributed by atoms with van der Waals surface area (Å²) in [5.41, 5.74) is 1.85. The van der Waals surface area contributed by atoms with Gasteiger partial charge in [0.05, 0.1) is 0 Å². The Bertz CT molecular complexity index is 1020. The quantitative estimate of drug-likeness (QED) is 0.591. The number of carbonyl (C=O) groups is 2. The van der Waals surface area contributed by atoms with E-state index < -0.39 is 11.8 Å². The van der Waals surface area contributed by atoms with Gasteiger partial charge < -0.3 is 15.7 Å². The number of anilines is 2. The van der Waals surface area contributed by atoms with Gasteiger partial charge in [0.15, 0.2) is 0 Å². The smallest absolute Gasteiger partial charge is 0.314 e. The van der Waals surface area contributed by atoms with Gasteiger partial charge in [-0.2, -0.15) is 0 Å². The van der Waals surface area contributed by atoms with E-state index >= 15 is 0 Å². The van der Waals surface area contributed by atoms with Gasteiger partial charge in [-0.05, 0) is 29.2 Å². The Labute approximate surface area is 158 Å². The van der Waals surface area contributed by atoms with E-state index in [0.29, 0.717) is 22.1 Å². The zero-order valence-corrected chi connectivity index (χ0v) is 15.5. The summed E-state index contributed by atoms with van der Waals surface area (Å²) in [4.78, 5) is 24.8. The maximum absolute atomic E-state index is 12.4. The highest BCUT2D eigenvalue weighted by molar-refractivity contribution is 6.44. The molecule has 0 heterocycles. The molecule has 0 aliphatic heterocycles. The minimum Gasteiger partial charge on any atom is -0.507 e. The molecule has 5 heteroatoms. The molecule has 3 N–H and O–H groups in total. The SMILES string of the molecule is CC(C)(C)c1ccccc1NC(=O)C(=O)Nc1cccc2c(O)cccc12. The number of hydrogen-bond donors (Lipinski definition) is 3. The lowest BCUT2D eigenvalue weighted by Gasteiger charge is -2.22. The molecule has 0 radical (unpaired) electrons. The van der Waals surface area contributed by atoms with Crippen LogP contribution in [0.5, 0.6) is 5.75 Å². The van der Waals surface area contributed by atoms with Gasteiger partial charge in [-0.15, -0.1) is 0 Å². The van der Waals surface area contributed by atoms with Crippen molar-refractivity contribution in [2.24, 2.45) is 0 Å². The minimum absolute atomic E-state index is 0.118. The first-order chi connectivity index (χ1) is 12.8. The molecule has 3 aromatic rings. The van der Waals surface area contributed by atoms with Crippen LogP contribution in [0.1, 0.15) is 26.3 Å². The first-order valence-corrected chi connectivity index (χ1v) is 8.70. The highest BCUT2D eigenvalue weighted by atomic mass is 16.3. The molecule has 0 aliphatic carbocycles. The largest absolute Gasteiger partial charge is 0.507 e. The Morgan fingerprint density at radius 1 is 0.741 bits per heavy atom. The number of nitrogens with one attached hydrogen (secondary N) is 2. The van der Waals surface area contributed by atoms with Crippen molar-refractivity contribution >= 4 is 34.0 Å². The lowest BCUT2D eigenvalue weighted by Crippen LogP contribution is -2.30. The van der Waals surface area contributed by atoms with Gasteiger partial charge in [0.2, 0.25) is 0 Å². The summed E-state index contributed by atoms with van der Waals surface area (Å²) in [6.45, 7) is 6.13. The number of carbonyl (C=O) groups excluding carboxylic acids is 2. The third-order valence-electron chi connectivity index (χ3n) is 4.34. The van der Waals surface area contributed by atoms with Crippen LogP contribution in [-0.2, 0) is 15.0 Å². The van der Waals surface area contributed by atoms with Crippen molar-refractivity contribution in [1.82, 2.24) is 0 Å². The molecule has 5 nitrogen and oxygen atoms in total. The molecule has 0 unspecified atom stereocenters. The fourth-order valence-corrected chi connectivity index (χ4v) is 3.01. The van der Waals surface area contributed by atoms with E-state index in [4.69, 9.17) is 0 Å². The Hall–Kier alpha value is -3.34. The Kier molecular flexibility index (Phi) is 4.86. The summed E-state index contributed by atoms with van der Waals surface area (Å²) < 4.78 is 0. The Morgan fingerprint density at radius 2 is 1.30 bits per heavy atom. The third kappa shape index (κ3) is 3.92. The number of aromatic hydroxyl groups is 1. The summed E-state index contributed by atoms with van der Waals surface area (Å²) in [7, 11) is 0. The molecule has 0 fully saturated rings. The molecule has 0 saturated carbocycles. The normalized spacial score (nSPS) is 11.2. The molecule has 0 bridgehead atoms. The number of benzene rings is 3. The lowest BCUT2D eigenvalue weighted by atomic mass is 9.86. The van der Waals surface area contributed by atoms with E-state index in [1.165, 1.54) is 0 Å². The predicted octanol–water partition coefficient (Wildman–Crippen LogP) is 4.42. The Morgan fingerprint density at radius 3 is 2.00 bits per heavy atom. The standard InChI is InChI=1S/C22H22N2O3/c1-22(2,3)16-10-4-5-11-18(16)24-21(27)20(26)23-17-12-6-9-15-14(17)8-7-13-19(15)25/h4-13,25H,1-3H3,(H,23,26)(H,24,27). The molecular formula is C22H22N2O3. The molecule has 0 saturated heterocycles. The molecule has 2 amide bonds. The average molecular weight is 362 g/mol. The van der Waals surface area contributed by atoms with Crippen LogP contribution in [-0.4, -0.2) is 16.9 Å². The number of para-hydroxylation sites is 1. The lowest BCUT2D eigenvalue weighted by molar-refractivity contribution is -0.132. The molecule has 27 heavy (non-hydrogen) atoms. The first-order valence-electron chi connectivity index (χ1n) is 8.70. The van der Waals surface area contributed by atoms with Crippen LogP contribution in [0.2, 0.25) is 0 Å². The fourth-order valence-electron chi connectivity index (χ4n) is 3.01. The summed E-state index contributed by atoms with van der Waals surface area (Å²) in [5.74, 6) is -1.40. The maximum atomic E-state index is 12.4. The zero-order valence-electron chi connectivity index (χ0n) is 15.5. The first kappa shape index (κ1) is 18.5. The fraction of sp³-hybridized carbons (Fsp3) is 0.182. The van der Waals surface area contributed by atoms with Crippen molar-refractivity contribution in [1.29, 1.82) is 0 Å². The van der Waals surface area contributed by atoms with Gasteiger partial charge in [0.1, 0.15) is 5.75 Å². The molecule has 0 spiro atoms. The molecule has 138 valence electrons. The van der Waals surface area contributed by atoms with Crippen LogP contribution in [0.3, 0.4) is 0 Å². The third-order valence-corrected chi connectivity index (χ3v) is 4.34. The summed E-state index contributed by atoms with van der Waals surface area (Å²) in [6.07, 6.45) is 0. The minimum atomic E-state index is -0.769. The number of hydrogen-bond acceptors (Lipinski definition) is 3. The topological polar surface area (TPSA) is 78.4 Å². The summed E-state index contributed by atoms with van der Waals surface area (Å²) >= 11 is 0. The summed E-state index contributed by atoms with van der Waals surface area (Å²) in [5, 5.41) is 16.5. The van der Waals surface area contributed by atoms with E-state index in [1.807, 2.05) is 39.0 Å². The molecule has 3 aromatic carbocycles. The van der Waals surface area contributed by atoms with Crippen LogP contribution in [0, 0.1) is 0 Å². The number of amides is 2. The predicted molar refractivity (Wildman–Crippen MR) is 108 cm³/mol. The number of rotatable bonds is 2. The number of fused-ring (bicyclic) bond motifs is 1. The molecule has 0 aliphatic rings. The van der Waals surface area contributed by atoms with Crippen LogP contribution in [0.25, 0.3) is 10.8 Å². The van der Waals surface area contributed by atoms with Gasteiger partial charge in [-0.1, -0.05) is 63.2 Å². The number of phenols is 1. The highest BCUT2D eigenvalue weighted by Crippen LogP contribution is 2.31.